The Morgan fingerprint density at radius 1 is 1.38 bits per heavy atom. The van der Waals surface area contributed by atoms with Gasteiger partial charge in [-0.3, -0.25) is 9.59 Å². The third-order valence-electron chi connectivity index (χ3n) is 2.79. The number of carbonyl (C=O) groups is 2. The molecule has 0 saturated heterocycles. The number of carboxylic acid groups (broad SMARTS) is 1. The molecule has 0 spiro atoms. The highest BCUT2D eigenvalue weighted by Gasteiger charge is 2.16. The van der Waals surface area contributed by atoms with Gasteiger partial charge in [-0.1, -0.05) is 30.0 Å². The van der Waals surface area contributed by atoms with Gasteiger partial charge >= 0.3 is 5.97 Å². The van der Waals surface area contributed by atoms with Crippen molar-refractivity contribution in [2.75, 3.05) is 5.32 Å². The first kappa shape index (κ1) is 15.1. The molecule has 2 aromatic rings. The van der Waals surface area contributed by atoms with Crippen molar-refractivity contribution >= 4 is 29.1 Å². The molecular weight excluding hydrogens is 290 g/mol. The van der Waals surface area contributed by atoms with Gasteiger partial charge in [-0.2, -0.15) is 0 Å². The van der Waals surface area contributed by atoms with Crippen LogP contribution < -0.4 is 5.32 Å². The summed E-state index contributed by atoms with van der Waals surface area (Å²) in [6.45, 7) is 2.01. The third-order valence-corrected chi connectivity index (χ3v) is 3.56. The summed E-state index contributed by atoms with van der Waals surface area (Å²) in [5.41, 5.74) is 1.90. The number of rotatable bonds is 6. The molecule has 21 heavy (non-hydrogen) atoms. The van der Waals surface area contributed by atoms with E-state index >= 15 is 0 Å². The highest BCUT2D eigenvalue weighted by molar-refractivity contribution is 7.08. The van der Waals surface area contributed by atoms with Crippen molar-refractivity contribution in [1.82, 2.24) is 9.59 Å². The lowest BCUT2D eigenvalue weighted by Gasteiger charge is -2.06. The average molecular weight is 305 g/mol. The molecule has 7 heteroatoms. The SMILES string of the molecule is CCCc1nnsc1C(=O)Nc1cccc(CC(=O)O)c1. The van der Waals surface area contributed by atoms with Gasteiger partial charge in [0.15, 0.2) is 0 Å². The van der Waals surface area contributed by atoms with Crippen LogP contribution in [-0.2, 0) is 17.6 Å². The molecule has 0 saturated carbocycles. The second-order valence-electron chi connectivity index (χ2n) is 4.52. The lowest BCUT2D eigenvalue weighted by atomic mass is 10.1. The predicted molar refractivity (Wildman–Crippen MR) is 79.6 cm³/mol. The Morgan fingerprint density at radius 2 is 2.19 bits per heavy atom. The van der Waals surface area contributed by atoms with Gasteiger partial charge in [0.25, 0.3) is 5.91 Å². The minimum absolute atomic E-state index is 0.0765. The second-order valence-corrected chi connectivity index (χ2v) is 5.28. The molecule has 6 nitrogen and oxygen atoms in total. The zero-order chi connectivity index (χ0) is 15.2. The van der Waals surface area contributed by atoms with Gasteiger partial charge in [0.2, 0.25) is 0 Å². The van der Waals surface area contributed by atoms with E-state index in [9.17, 15) is 9.59 Å². The first-order valence-electron chi connectivity index (χ1n) is 6.53. The van der Waals surface area contributed by atoms with E-state index in [0.717, 1.165) is 18.0 Å². The van der Waals surface area contributed by atoms with Crippen molar-refractivity contribution < 1.29 is 14.7 Å². The molecule has 2 N–H and O–H groups in total. The van der Waals surface area contributed by atoms with E-state index in [2.05, 4.69) is 14.9 Å². The maximum absolute atomic E-state index is 12.2. The molecule has 1 heterocycles. The summed E-state index contributed by atoms with van der Waals surface area (Å²) in [7, 11) is 0. The average Bonchev–Trinajstić information content (AvgIpc) is 2.87. The van der Waals surface area contributed by atoms with E-state index < -0.39 is 5.97 Å². The molecule has 0 aliphatic rings. The Kier molecular flexibility index (Phi) is 4.99. The van der Waals surface area contributed by atoms with Crippen LogP contribution in [0, 0.1) is 0 Å². The lowest BCUT2D eigenvalue weighted by molar-refractivity contribution is -0.136. The van der Waals surface area contributed by atoms with Crippen LogP contribution in [0.5, 0.6) is 0 Å². The van der Waals surface area contributed by atoms with E-state index in [-0.39, 0.29) is 12.3 Å². The monoisotopic (exact) mass is 305 g/mol. The Morgan fingerprint density at radius 3 is 2.90 bits per heavy atom. The van der Waals surface area contributed by atoms with Crippen LogP contribution in [0.15, 0.2) is 24.3 Å². The molecule has 0 aliphatic heterocycles. The van der Waals surface area contributed by atoms with Gasteiger partial charge in [0.05, 0.1) is 12.1 Å². The van der Waals surface area contributed by atoms with Crippen molar-refractivity contribution in [2.45, 2.75) is 26.2 Å². The normalized spacial score (nSPS) is 10.3. The largest absolute Gasteiger partial charge is 0.481 e. The smallest absolute Gasteiger partial charge is 0.307 e. The van der Waals surface area contributed by atoms with E-state index in [0.29, 0.717) is 28.2 Å². The van der Waals surface area contributed by atoms with Gasteiger partial charge < -0.3 is 10.4 Å². The Bertz CT molecular complexity index is 654. The van der Waals surface area contributed by atoms with Crippen LogP contribution in [-0.4, -0.2) is 26.6 Å². The molecule has 0 radical (unpaired) electrons. The molecule has 0 atom stereocenters. The van der Waals surface area contributed by atoms with Crippen molar-refractivity contribution in [3.63, 3.8) is 0 Å². The van der Waals surface area contributed by atoms with Crippen LogP contribution in [0.3, 0.4) is 0 Å². The van der Waals surface area contributed by atoms with Gasteiger partial charge in [0.1, 0.15) is 4.88 Å². The minimum atomic E-state index is -0.907. The first-order chi connectivity index (χ1) is 10.1. The number of carboxylic acids is 1. The van der Waals surface area contributed by atoms with Crippen molar-refractivity contribution in [3.05, 3.63) is 40.4 Å². The number of aryl methyl sites for hydroxylation is 1. The maximum atomic E-state index is 12.2. The number of hydrogen-bond acceptors (Lipinski definition) is 5. The lowest BCUT2D eigenvalue weighted by Crippen LogP contribution is -2.13. The summed E-state index contributed by atoms with van der Waals surface area (Å²) in [4.78, 5) is 23.4. The topological polar surface area (TPSA) is 92.2 Å². The number of nitrogens with one attached hydrogen (secondary N) is 1. The number of hydrogen-bond donors (Lipinski definition) is 2. The molecule has 2 rings (SSSR count). The number of carbonyl (C=O) groups excluding carboxylic acids is 1. The zero-order valence-corrected chi connectivity index (χ0v) is 12.3. The number of aliphatic carboxylic acids is 1. The summed E-state index contributed by atoms with van der Waals surface area (Å²) in [5.74, 6) is -1.17. The van der Waals surface area contributed by atoms with Crippen LogP contribution >= 0.6 is 11.5 Å². The molecular formula is C14H15N3O3S. The number of amides is 1. The highest BCUT2D eigenvalue weighted by atomic mass is 32.1. The standard InChI is InChI=1S/C14H15N3O3S/c1-2-4-11-13(21-17-16-11)14(20)15-10-6-3-5-9(7-10)8-12(18)19/h3,5-7H,2,4,8H2,1H3,(H,15,20)(H,18,19). The van der Waals surface area contributed by atoms with E-state index in [4.69, 9.17) is 5.11 Å². The molecule has 1 aromatic heterocycles. The van der Waals surface area contributed by atoms with E-state index in [1.807, 2.05) is 6.92 Å². The zero-order valence-electron chi connectivity index (χ0n) is 11.5. The molecule has 0 bridgehead atoms. The van der Waals surface area contributed by atoms with E-state index in [1.54, 1.807) is 24.3 Å². The van der Waals surface area contributed by atoms with Crippen molar-refractivity contribution in [1.29, 1.82) is 0 Å². The van der Waals surface area contributed by atoms with Gasteiger partial charge in [0, 0.05) is 5.69 Å². The fraction of sp³-hybridized carbons (Fsp3) is 0.286. The van der Waals surface area contributed by atoms with Crippen LogP contribution in [0.1, 0.15) is 34.3 Å². The molecule has 1 aromatic carbocycles. The predicted octanol–water partition coefficient (Wildman–Crippen LogP) is 2.37. The first-order valence-corrected chi connectivity index (χ1v) is 7.30. The highest BCUT2D eigenvalue weighted by Crippen LogP contribution is 2.17. The summed E-state index contributed by atoms with van der Waals surface area (Å²) < 4.78 is 3.81. The number of anilines is 1. The van der Waals surface area contributed by atoms with Crippen LogP contribution in [0.25, 0.3) is 0 Å². The molecule has 0 fully saturated rings. The summed E-state index contributed by atoms with van der Waals surface area (Å²) in [6, 6.07) is 6.80. The van der Waals surface area contributed by atoms with Crippen LogP contribution in [0.4, 0.5) is 5.69 Å². The van der Waals surface area contributed by atoms with Gasteiger partial charge in [-0.05, 0) is 35.6 Å². The fourth-order valence-corrected chi connectivity index (χ4v) is 2.51. The Balaban J connectivity index is 2.12. The molecule has 0 unspecified atom stereocenters. The summed E-state index contributed by atoms with van der Waals surface area (Å²) in [5, 5.41) is 15.5. The van der Waals surface area contributed by atoms with Gasteiger partial charge in [-0.25, -0.2) is 0 Å². The Hall–Kier alpha value is -2.28. The van der Waals surface area contributed by atoms with Crippen molar-refractivity contribution in [3.8, 4) is 0 Å². The number of benzene rings is 1. The molecule has 110 valence electrons. The fourth-order valence-electron chi connectivity index (χ4n) is 1.90. The number of nitrogens with zero attached hydrogens (tertiary/aromatic N) is 2. The molecule has 0 aliphatic carbocycles. The van der Waals surface area contributed by atoms with E-state index in [1.165, 1.54) is 0 Å². The van der Waals surface area contributed by atoms with Crippen LogP contribution in [0.2, 0.25) is 0 Å². The van der Waals surface area contributed by atoms with Gasteiger partial charge in [-0.15, -0.1) is 5.10 Å². The maximum Gasteiger partial charge on any atom is 0.307 e. The van der Waals surface area contributed by atoms with Crippen molar-refractivity contribution in [2.24, 2.45) is 0 Å². The molecule has 1 amide bonds. The third kappa shape index (κ3) is 4.09. The Labute approximate surface area is 126 Å². The summed E-state index contributed by atoms with van der Waals surface area (Å²) >= 11 is 1.06. The minimum Gasteiger partial charge on any atom is -0.481 e. The second kappa shape index (κ2) is 6.94. The quantitative estimate of drug-likeness (QED) is 0.854. The summed E-state index contributed by atoms with van der Waals surface area (Å²) in [6.07, 6.45) is 1.52. The number of aromatic nitrogens is 2.